The first-order chi connectivity index (χ1) is 13.7. The number of amides is 2. The summed E-state index contributed by atoms with van der Waals surface area (Å²) in [5.41, 5.74) is 3.09. The molecular formula is C24H32N2O3. The van der Waals surface area contributed by atoms with E-state index < -0.39 is 5.41 Å². The van der Waals surface area contributed by atoms with E-state index in [1.54, 1.807) is 19.1 Å². The number of carbonyl (C=O) groups is 2. The summed E-state index contributed by atoms with van der Waals surface area (Å²) in [4.78, 5) is 24.3. The molecule has 0 aliphatic heterocycles. The summed E-state index contributed by atoms with van der Waals surface area (Å²) >= 11 is 0. The topological polar surface area (TPSA) is 67.4 Å². The van der Waals surface area contributed by atoms with Crippen molar-refractivity contribution >= 4 is 23.2 Å². The van der Waals surface area contributed by atoms with Crippen molar-refractivity contribution in [2.45, 2.75) is 53.9 Å². The van der Waals surface area contributed by atoms with Crippen LogP contribution < -0.4 is 15.4 Å². The molecule has 0 fully saturated rings. The number of carbonyl (C=O) groups excluding carboxylic acids is 2. The van der Waals surface area contributed by atoms with Crippen LogP contribution in [-0.2, 0) is 9.59 Å². The molecule has 0 radical (unpaired) electrons. The van der Waals surface area contributed by atoms with Crippen molar-refractivity contribution in [3.05, 3.63) is 53.6 Å². The summed E-state index contributed by atoms with van der Waals surface area (Å²) in [5.74, 6) is 0.791. The molecule has 29 heavy (non-hydrogen) atoms. The average Bonchev–Trinajstić information content (AvgIpc) is 2.68. The predicted octanol–water partition coefficient (Wildman–Crippen LogP) is 5.48. The van der Waals surface area contributed by atoms with Gasteiger partial charge in [-0.05, 0) is 62.1 Å². The molecular weight excluding hydrogens is 364 g/mol. The Labute approximate surface area is 173 Å². The van der Waals surface area contributed by atoms with Crippen LogP contribution >= 0.6 is 0 Å². The number of aryl methyl sites for hydroxylation is 2. The number of nitrogens with one attached hydrogen (secondary N) is 2. The molecule has 0 saturated heterocycles. The van der Waals surface area contributed by atoms with Crippen LogP contribution in [0.15, 0.2) is 42.5 Å². The molecule has 2 aromatic carbocycles. The first-order valence-electron chi connectivity index (χ1n) is 10.1. The van der Waals surface area contributed by atoms with Crippen LogP contribution in [0.4, 0.5) is 11.4 Å². The number of benzene rings is 2. The minimum absolute atomic E-state index is 0.0526. The van der Waals surface area contributed by atoms with Crippen molar-refractivity contribution < 1.29 is 14.3 Å². The first kappa shape index (κ1) is 22.5. The standard InChI is InChI=1S/C24H32N2O3/c1-6-22(27)25-19-9-7-10-20(16-19)26-23(28)24(4,5)13-8-14-29-21-15-17(2)11-12-18(21)3/h7,9-12,15-16H,6,8,13-14H2,1-5H3,(H,25,27)(H,26,28). The second-order valence-corrected chi connectivity index (χ2v) is 8.04. The Morgan fingerprint density at radius 1 is 1.00 bits per heavy atom. The molecule has 0 aromatic heterocycles. The fourth-order valence-corrected chi connectivity index (χ4v) is 2.90. The van der Waals surface area contributed by atoms with Gasteiger partial charge in [0.05, 0.1) is 6.61 Å². The van der Waals surface area contributed by atoms with E-state index in [4.69, 9.17) is 4.74 Å². The van der Waals surface area contributed by atoms with Crippen LogP contribution in [-0.4, -0.2) is 18.4 Å². The van der Waals surface area contributed by atoms with Gasteiger partial charge in [-0.25, -0.2) is 0 Å². The van der Waals surface area contributed by atoms with Gasteiger partial charge in [0.15, 0.2) is 0 Å². The van der Waals surface area contributed by atoms with Crippen LogP contribution in [0.2, 0.25) is 0 Å². The Hall–Kier alpha value is -2.82. The van der Waals surface area contributed by atoms with Crippen molar-refractivity contribution in [1.29, 1.82) is 0 Å². The summed E-state index contributed by atoms with van der Waals surface area (Å²) in [5, 5.41) is 5.76. The maximum absolute atomic E-state index is 12.7. The normalized spacial score (nSPS) is 11.1. The number of hydrogen-bond donors (Lipinski definition) is 2. The van der Waals surface area contributed by atoms with Crippen molar-refractivity contribution in [3.63, 3.8) is 0 Å². The van der Waals surface area contributed by atoms with Gasteiger partial charge in [-0.15, -0.1) is 0 Å². The minimum atomic E-state index is -0.534. The molecule has 0 aliphatic carbocycles. The highest BCUT2D eigenvalue weighted by Gasteiger charge is 2.27. The molecule has 0 saturated carbocycles. The summed E-state index contributed by atoms with van der Waals surface area (Å²) < 4.78 is 5.90. The molecule has 156 valence electrons. The fraction of sp³-hybridized carbons (Fsp3) is 0.417. The van der Waals surface area contributed by atoms with Crippen LogP contribution in [0.25, 0.3) is 0 Å². The van der Waals surface area contributed by atoms with Crippen LogP contribution in [0, 0.1) is 19.3 Å². The zero-order chi connectivity index (χ0) is 21.4. The smallest absolute Gasteiger partial charge is 0.230 e. The molecule has 5 heteroatoms. The second-order valence-electron chi connectivity index (χ2n) is 8.04. The molecule has 0 spiro atoms. The predicted molar refractivity (Wildman–Crippen MR) is 118 cm³/mol. The van der Waals surface area contributed by atoms with E-state index >= 15 is 0 Å². The quantitative estimate of drug-likeness (QED) is 0.552. The van der Waals surface area contributed by atoms with Crippen molar-refractivity contribution in [3.8, 4) is 5.75 Å². The average molecular weight is 397 g/mol. The lowest BCUT2D eigenvalue weighted by atomic mass is 9.87. The Morgan fingerprint density at radius 2 is 1.69 bits per heavy atom. The summed E-state index contributed by atoms with van der Waals surface area (Å²) in [6, 6.07) is 13.4. The lowest BCUT2D eigenvalue weighted by molar-refractivity contribution is -0.124. The Balaban J connectivity index is 1.87. The highest BCUT2D eigenvalue weighted by Crippen LogP contribution is 2.26. The lowest BCUT2D eigenvalue weighted by Gasteiger charge is -2.24. The molecule has 0 unspecified atom stereocenters. The van der Waals surface area contributed by atoms with E-state index in [-0.39, 0.29) is 11.8 Å². The minimum Gasteiger partial charge on any atom is -0.493 e. The third-order valence-electron chi connectivity index (χ3n) is 4.89. The molecule has 0 aliphatic rings. The van der Waals surface area contributed by atoms with E-state index in [2.05, 4.69) is 22.8 Å². The number of rotatable bonds is 9. The lowest BCUT2D eigenvalue weighted by Crippen LogP contribution is -2.31. The molecule has 0 heterocycles. The van der Waals surface area contributed by atoms with Crippen LogP contribution in [0.3, 0.4) is 0 Å². The van der Waals surface area contributed by atoms with E-state index in [9.17, 15) is 9.59 Å². The molecule has 5 nitrogen and oxygen atoms in total. The van der Waals surface area contributed by atoms with E-state index in [0.717, 1.165) is 17.7 Å². The summed E-state index contributed by atoms with van der Waals surface area (Å²) in [6.45, 7) is 10.3. The highest BCUT2D eigenvalue weighted by molar-refractivity contribution is 5.96. The Bertz CT molecular complexity index is 859. The van der Waals surface area contributed by atoms with E-state index in [0.29, 0.717) is 30.8 Å². The number of hydrogen-bond acceptors (Lipinski definition) is 3. The van der Waals surface area contributed by atoms with Crippen molar-refractivity contribution in [2.75, 3.05) is 17.2 Å². The zero-order valence-electron chi connectivity index (χ0n) is 18.1. The van der Waals surface area contributed by atoms with Gasteiger partial charge in [0.25, 0.3) is 0 Å². The van der Waals surface area contributed by atoms with Gasteiger partial charge >= 0.3 is 0 Å². The van der Waals surface area contributed by atoms with Gasteiger partial charge in [0.2, 0.25) is 11.8 Å². The third-order valence-corrected chi connectivity index (χ3v) is 4.89. The summed E-state index contributed by atoms with van der Waals surface area (Å²) in [7, 11) is 0. The van der Waals surface area contributed by atoms with Gasteiger partial charge in [-0.3, -0.25) is 9.59 Å². The van der Waals surface area contributed by atoms with Crippen LogP contribution in [0.5, 0.6) is 5.75 Å². The summed E-state index contributed by atoms with van der Waals surface area (Å²) in [6.07, 6.45) is 1.89. The van der Waals surface area contributed by atoms with Crippen molar-refractivity contribution in [2.24, 2.45) is 5.41 Å². The Morgan fingerprint density at radius 3 is 2.38 bits per heavy atom. The Kier molecular flexibility index (Phi) is 7.82. The van der Waals surface area contributed by atoms with Gasteiger partial charge in [-0.2, -0.15) is 0 Å². The van der Waals surface area contributed by atoms with Gasteiger partial charge in [-0.1, -0.05) is 39.0 Å². The van der Waals surface area contributed by atoms with E-state index in [1.807, 2.05) is 45.9 Å². The number of anilines is 2. The van der Waals surface area contributed by atoms with Gasteiger partial charge in [0, 0.05) is 23.2 Å². The zero-order valence-corrected chi connectivity index (χ0v) is 18.1. The van der Waals surface area contributed by atoms with Gasteiger partial charge < -0.3 is 15.4 Å². The molecule has 0 atom stereocenters. The fourth-order valence-electron chi connectivity index (χ4n) is 2.90. The SMILES string of the molecule is CCC(=O)Nc1cccc(NC(=O)C(C)(C)CCCOc2cc(C)ccc2C)c1. The third kappa shape index (κ3) is 6.93. The van der Waals surface area contributed by atoms with Gasteiger partial charge in [0.1, 0.15) is 5.75 Å². The molecule has 2 N–H and O–H groups in total. The monoisotopic (exact) mass is 396 g/mol. The largest absolute Gasteiger partial charge is 0.493 e. The molecule has 2 aromatic rings. The molecule has 2 rings (SSSR count). The van der Waals surface area contributed by atoms with Crippen molar-refractivity contribution in [1.82, 2.24) is 0 Å². The maximum atomic E-state index is 12.7. The maximum Gasteiger partial charge on any atom is 0.230 e. The second kappa shape index (κ2) is 10.1. The first-order valence-corrected chi connectivity index (χ1v) is 10.1. The molecule has 0 bridgehead atoms. The number of ether oxygens (including phenoxy) is 1. The molecule has 2 amide bonds. The van der Waals surface area contributed by atoms with Crippen LogP contribution in [0.1, 0.15) is 51.2 Å². The van der Waals surface area contributed by atoms with E-state index in [1.165, 1.54) is 5.56 Å². The highest BCUT2D eigenvalue weighted by atomic mass is 16.5.